The second-order valence-electron chi connectivity index (χ2n) is 4.80. The van der Waals surface area contributed by atoms with Crippen LogP contribution in [0, 0.1) is 12.7 Å². The van der Waals surface area contributed by atoms with Gasteiger partial charge >= 0.3 is 0 Å². The van der Waals surface area contributed by atoms with E-state index in [0.29, 0.717) is 17.7 Å². The number of halogens is 1. The zero-order valence-electron chi connectivity index (χ0n) is 11.2. The van der Waals surface area contributed by atoms with Crippen LogP contribution in [0.5, 0.6) is 0 Å². The van der Waals surface area contributed by atoms with Gasteiger partial charge in [0.05, 0.1) is 0 Å². The van der Waals surface area contributed by atoms with E-state index in [-0.39, 0.29) is 11.7 Å². The van der Waals surface area contributed by atoms with E-state index >= 15 is 0 Å². The highest BCUT2D eigenvalue weighted by Crippen LogP contribution is 2.17. The van der Waals surface area contributed by atoms with Crippen molar-refractivity contribution in [1.29, 1.82) is 0 Å². The lowest BCUT2D eigenvalue weighted by Gasteiger charge is -2.26. The first-order valence-corrected chi connectivity index (χ1v) is 6.65. The van der Waals surface area contributed by atoms with E-state index in [0.717, 1.165) is 32.7 Å². The molecule has 5 heteroatoms. The lowest BCUT2D eigenvalue weighted by molar-refractivity contribution is -0.116. The molecule has 0 radical (unpaired) electrons. The number of carbonyl (C=O) groups is 1. The summed E-state index contributed by atoms with van der Waals surface area (Å²) < 4.78 is 13.3. The van der Waals surface area contributed by atoms with Gasteiger partial charge in [-0.15, -0.1) is 0 Å². The molecule has 0 spiro atoms. The first-order chi connectivity index (χ1) is 9.16. The van der Waals surface area contributed by atoms with Crippen LogP contribution >= 0.6 is 0 Å². The fourth-order valence-electron chi connectivity index (χ4n) is 2.15. The van der Waals surface area contributed by atoms with Gasteiger partial charge in [0.15, 0.2) is 0 Å². The molecule has 19 heavy (non-hydrogen) atoms. The maximum absolute atomic E-state index is 13.3. The summed E-state index contributed by atoms with van der Waals surface area (Å²) in [6, 6.07) is 4.72. The van der Waals surface area contributed by atoms with Gasteiger partial charge < -0.3 is 15.5 Å². The van der Waals surface area contributed by atoms with Gasteiger partial charge in [0.2, 0.25) is 5.91 Å². The summed E-state index contributed by atoms with van der Waals surface area (Å²) in [5.41, 5.74) is 1.04. The molecule has 2 N–H and O–H groups in total. The van der Waals surface area contributed by atoms with Crippen LogP contribution < -0.4 is 10.6 Å². The molecule has 0 saturated carbocycles. The van der Waals surface area contributed by atoms with E-state index < -0.39 is 0 Å². The summed E-state index contributed by atoms with van der Waals surface area (Å²) in [5.74, 6) is -0.355. The monoisotopic (exact) mass is 265 g/mol. The van der Waals surface area contributed by atoms with Gasteiger partial charge in [0.25, 0.3) is 0 Å². The molecule has 0 aromatic heterocycles. The third-order valence-electron chi connectivity index (χ3n) is 3.41. The molecule has 1 aliphatic rings. The van der Waals surface area contributed by atoms with E-state index in [9.17, 15) is 9.18 Å². The van der Waals surface area contributed by atoms with Crippen molar-refractivity contribution in [3.8, 4) is 0 Å². The van der Waals surface area contributed by atoms with Crippen LogP contribution in [-0.2, 0) is 4.79 Å². The van der Waals surface area contributed by atoms with E-state index in [1.165, 1.54) is 6.07 Å². The third kappa shape index (κ3) is 4.01. The minimum atomic E-state index is -0.292. The fourth-order valence-corrected chi connectivity index (χ4v) is 2.15. The van der Waals surface area contributed by atoms with Crippen LogP contribution in [0.1, 0.15) is 12.0 Å². The van der Waals surface area contributed by atoms with Crippen LogP contribution in [0.2, 0.25) is 0 Å². The molecule has 2 rings (SSSR count). The Bertz CT molecular complexity index is 444. The first kappa shape index (κ1) is 14.0. The Hall–Kier alpha value is -1.46. The predicted octanol–water partition coefficient (Wildman–Crippen LogP) is 1.37. The molecular weight excluding hydrogens is 245 g/mol. The number of rotatable bonds is 4. The summed E-state index contributed by atoms with van der Waals surface area (Å²) in [6.45, 7) is 6.33. The Kier molecular flexibility index (Phi) is 4.87. The molecule has 1 fully saturated rings. The number of anilines is 1. The van der Waals surface area contributed by atoms with Gasteiger partial charge in [0.1, 0.15) is 5.82 Å². The Morgan fingerprint density at radius 1 is 1.42 bits per heavy atom. The molecule has 1 aromatic rings. The van der Waals surface area contributed by atoms with Gasteiger partial charge in [-0.05, 0) is 19.1 Å². The Balaban J connectivity index is 1.82. The van der Waals surface area contributed by atoms with Gasteiger partial charge in [-0.3, -0.25) is 4.79 Å². The summed E-state index contributed by atoms with van der Waals surface area (Å²) in [5, 5.41) is 6.04. The van der Waals surface area contributed by atoms with E-state index in [2.05, 4.69) is 15.5 Å². The zero-order chi connectivity index (χ0) is 13.7. The van der Waals surface area contributed by atoms with E-state index in [1.807, 2.05) is 0 Å². The Labute approximate surface area is 113 Å². The summed E-state index contributed by atoms with van der Waals surface area (Å²) in [4.78, 5) is 14.1. The van der Waals surface area contributed by atoms with E-state index in [1.54, 1.807) is 19.1 Å². The maximum atomic E-state index is 13.3. The lowest BCUT2D eigenvalue weighted by Crippen LogP contribution is -2.44. The molecule has 0 unspecified atom stereocenters. The van der Waals surface area contributed by atoms with Crippen molar-refractivity contribution >= 4 is 11.6 Å². The molecule has 1 heterocycles. The topological polar surface area (TPSA) is 44.4 Å². The van der Waals surface area contributed by atoms with Crippen molar-refractivity contribution in [1.82, 2.24) is 10.2 Å². The highest BCUT2D eigenvalue weighted by atomic mass is 19.1. The number of hydrogen-bond donors (Lipinski definition) is 2. The largest absolute Gasteiger partial charge is 0.326 e. The van der Waals surface area contributed by atoms with Crippen molar-refractivity contribution in [3.63, 3.8) is 0 Å². The molecule has 0 aliphatic carbocycles. The summed E-state index contributed by atoms with van der Waals surface area (Å²) in [6.07, 6.45) is 0.440. The molecule has 1 amide bonds. The average molecular weight is 265 g/mol. The van der Waals surface area contributed by atoms with Crippen LogP contribution in [0.25, 0.3) is 0 Å². The third-order valence-corrected chi connectivity index (χ3v) is 3.41. The van der Waals surface area contributed by atoms with Crippen LogP contribution in [0.4, 0.5) is 10.1 Å². The molecule has 1 saturated heterocycles. The molecule has 0 atom stereocenters. The number of hydrogen-bond acceptors (Lipinski definition) is 3. The highest BCUT2D eigenvalue weighted by molar-refractivity contribution is 5.91. The number of amides is 1. The first-order valence-electron chi connectivity index (χ1n) is 6.65. The van der Waals surface area contributed by atoms with Crippen LogP contribution in [0.3, 0.4) is 0 Å². The SMILES string of the molecule is Cc1c(F)cccc1NC(=O)CCN1CCNCC1. The molecule has 1 aromatic carbocycles. The number of nitrogens with zero attached hydrogens (tertiary/aromatic N) is 1. The average Bonchev–Trinajstić information content (AvgIpc) is 2.43. The Morgan fingerprint density at radius 3 is 2.89 bits per heavy atom. The number of piperazine rings is 1. The van der Waals surface area contributed by atoms with Crippen molar-refractivity contribution in [2.24, 2.45) is 0 Å². The van der Waals surface area contributed by atoms with Crippen molar-refractivity contribution in [3.05, 3.63) is 29.6 Å². The fraction of sp³-hybridized carbons (Fsp3) is 0.500. The van der Waals surface area contributed by atoms with Crippen molar-refractivity contribution in [2.45, 2.75) is 13.3 Å². The predicted molar refractivity (Wildman–Crippen MR) is 73.7 cm³/mol. The zero-order valence-corrected chi connectivity index (χ0v) is 11.2. The molecule has 104 valence electrons. The van der Waals surface area contributed by atoms with Gasteiger partial charge in [-0.1, -0.05) is 6.07 Å². The summed E-state index contributed by atoms with van der Waals surface area (Å²) >= 11 is 0. The molecular formula is C14H20FN3O. The quantitative estimate of drug-likeness (QED) is 0.864. The van der Waals surface area contributed by atoms with E-state index in [4.69, 9.17) is 0 Å². The molecule has 0 bridgehead atoms. The number of benzene rings is 1. The standard InChI is InChI=1S/C14H20FN3O/c1-11-12(15)3-2-4-13(11)17-14(19)5-8-18-9-6-16-7-10-18/h2-4,16H,5-10H2,1H3,(H,17,19). The second-order valence-corrected chi connectivity index (χ2v) is 4.80. The normalized spacial score (nSPS) is 16.3. The molecule has 1 aliphatic heterocycles. The lowest BCUT2D eigenvalue weighted by atomic mass is 10.2. The maximum Gasteiger partial charge on any atom is 0.225 e. The number of nitrogens with one attached hydrogen (secondary N) is 2. The highest BCUT2D eigenvalue weighted by Gasteiger charge is 2.12. The van der Waals surface area contributed by atoms with Gasteiger partial charge in [0, 0.05) is 50.4 Å². The molecule has 4 nitrogen and oxygen atoms in total. The van der Waals surface area contributed by atoms with Crippen molar-refractivity contribution in [2.75, 3.05) is 38.0 Å². The second kappa shape index (κ2) is 6.63. The number of carbonyl (C=O) groups excluding carboxylic acids is 1. The van der Waals surface area contributed by atoms with Gasteiger partial charge in [-0.25, -0.2) is 4.39 Å². The van der Waals surface area contributed by atoms with Crippen LogP contribution in [-0.4, -0.2) is 43.5 Å². The van der Waals surface area contributed by atoms with Gasteiger partial charge in [-0.2, -0.15) is 0 Å². The minimum absolute atomic E-state index is 0.0627. The van der Waals surface area contributed by atoms with Crippen molar-refractivity contribution < 1.29 is 9.18 Å². The minimum Gasteiger partial charge on any atom is -0.326 e. The smallest absolute Gasteiger partial charge is 0.225 e. The Morgan fingerprint density at radius 2 is 2.16 bits per heavy atom. The summed E-state index contributed by atoms with van der Waals surface area (Å²) in [7, 11) is 0. The van der Waals surface area contributed by atoms with Crippen LogP contribution in [0.15, 0.2) is 18.2 Å².